The summed E-state index contributed by atoms with van der Waals surface area (Å²) in [6, 6.07) is 3.47. The predicted molar refractivity (Wildman–Crippen MR) is 77.0 cm³/mol. The van der Waals surface area contributed by atoms with Crippen molar-refractivity contribution in [3.8, 4) is 0 Å². The van der Waals surface area contributed by atoms with Gasteiger partial charge in [-0.2, -0.15) is 0 Å². The van der Waals surface area contributed by atoms with Gasteiger partial charge in [0.15, 0.2) is 0 Å². The fourth-order valence-electron chi connectivity index (χ4n) is 1.45. The number of rotatable bonds is 6. The number of nitrogens with zero attached hydrogens (tertiary/aromatic N) is 2. The molecule has 110 valence electrons. The van der Waals surface area contributed by atoms with E-state index < -0.39 is 10.0 Å². The van der Waals surface area contributed by atoms with Gasteiger partial charge in [0.05, 0.1) is 10.8 Å². The number of aromatic nitrogens is 1. The monoisotopic (exact) mass is 315 g/mol. The number of hydrogen-bond donors (Lipinski definition) is 1. The molecule has 0 bridgehead atoms. The van der Waals surface area contributed by atoms with E-state index in [1.807, 2.05) is 0 Å². The zero-order chi connectivity index (χ0) is 14.8. The van der Waals surface area contributed by atoms with E-state index >= 15 is 0 Å². The second-order valence-electron chi connectivity index (χ2n) is 4.75. The normalized spacial score (nSPS) is 15.3. The predicted octanol–water partition coefficient (Wildman–Crippen LogP) is 0.703. The van der Waals surface area contributed by atoms with E-state index in [-0.39, 0.29) is 10.8 Å². The van der Waals surface area contributed by atoms with Crippen LogP contribution < -0.4 is 5.32 Å². The molecule has 2 rings (SSSR count). The number of nitrogens with one attached hydrogen (secondary N) is 1. The number of carbonyl (C=O) groups excluding carboxylic acids is 1. The van der Waals surface area contributed by atoms with Crippen molar-refractivity contribution in [2.75, 3.05) is 19.8 Å². The Hall–Kier alpha value is -1.12. The molecule has 1 saturated carbocycles. The lowest BCUT2D eigenvalue weighted by Gasteiger charge is -2.11. The third kappa shape index (κ3) is 3.94. The molecule has 0 aromatic carbocycles. The molecule has 0 aliphatic heterocycles. The Labute approximate surface area is 123 Å². The van der Waals surface area contributed by atoms with Gasteiger partial charge in [0.1, 0.15) is 4.90 Å². The smallest absolute Gasteiger partial charge is 0.244 e. The van der Waals surface area contributed by atoms with Gasteiger partial charge in [0.25, 0.3) is 0 Å². The van der Waals surface area contributed by atoms with Crippen molar-refractivity contribution < 1.29 is 13.2 Å². The van der Waals surface area contributed by atoms with Crippen molar-refractivity contribution in [3.63, 3.8) is 0 Å². The molecule has 8 heteroatoms. The topological polar surface area (TPSA) is 79.4 Å². The molecule has 1 aliphatic rings. The van der Waals surface area contributed by atoms with Crippen LogP contribution in [0.2, 0.25) is 0 Å². The Bertz CT molecular complexity index is 580. The Morgan fingerprint density at radius 1 is 1.45 bits per heavy atom. The van der Waals surface area contributed by atoms with Crippen molar-refractivity contribution in [3.05, 3.63) is 18.3 Å². The van der Waals surface area contributed by atoms with Gasteiger partial charge in [-0.25, -0.2) is 17.7 Å². The highest BCUT2D eigenvalue weighted by Gasteiger charge is 2.23. The van der Waals surface area contributed by atoms with Crippen LogP contribution in [0, 0.1) is 0 Å². The summed E-state index contributed by atoms with van der Waals surface area (Å²) in [6.45, 7) is 0. The average Bonchev–Trinajstić information content (AvgIpc) is 3.20. The molecule has 1 N–H and O–H groups in total. The maximum atomic E-state index is 11.9. The molecular formula is C12H17N3O3S2. The summed E-state index contributed by atoms with van der Waals surface area (Å²) < 4.78 is 24.8. The molecule has 0 saturated heterocycles. The van der Waals surface area contributed by atoms with Crippen LogP contribution in [-0.2, 0) is 14.8 Å². The lowest BCUT2D eigenvalue weighted by atomic mass is 10.5. The van der Waals surface area contributed by atoms with Crippen LogP contribution in [0.4, 0.5) is 0 Å². The molecule has 0 radical (unpaired) electrons. The van der Waals surface area contributed by atoms with E-state index in [1.54, 1.807) is 6.07 Å². The summed E-state index contributed by atoms with van der Waals surface area (Å²) in [5, 5.41) is 3.52. The van der Waals surface area contributed by atoms with Crippen LogP contribution in [0.1, 0.15) is 12.8 Å². The van der Waals surface area contributed by atoms with Crippen molar-refractivity contribution in [2.24, 2.45) is 0 Å². The minimum Gasteiger partial charge on any atom is -0.353 e. The molecule has 6 nitrogen and oxygen atoms in total. The summed E-state index contributed by atoms with van der Waals surface area (Å²) >= 11 is 1.29. The Morgan fingerprint density at radius 3 is 2.65 bits per heavy atom. The highest BCUT2D eigenvalue weighted by Crippen LogP contribution is 2.21. The standard InChI is InChI=1S/C12H17N3O3S2/c1-15(2)20(17,18)10-5-6-12(13-7-10)19-8-11(16)14-9-3-4-9/h5-7,9H,3-4,8H2,1-2H3,(H,14,16). The van der Waals surface area contributed by atoms with Gasteiger partial charge in [0.2, 0.25) is 15.9 Å². The summed E-state index contributed by atoms with van der Waals surface area (Å²) in [7, 11) is -0.505. The van der Waals surface area contributed by atoms with E-state index in [0.717, 1.165) is 17.1 Å². The molecule has 0 unspecified atom stereocenters. The molecule has 0 spiro atoms. The lowest BCUT2D eigenvalue weighted by Crippen LogP contribution is -2.27. The minimum absolute atomic E-state index is 0.00992. The zero-order valence-electron chi connectivity index (χ0n) is 11.4. The highest BCUT2D eigenvalue weighted by atomic mass is 32.2. The zero-order valence-corrected chi connectivity index (χ0v) is 13.0. The molecular weight excluding hydrogens is 298 g/mol. The highest BCUT2D eigenvalue weighted by molar-refractivity contribution is 7.99. The Balaban J connectivity index is 1.92. The molecule has 0 atom stereocenters. The summed E-state index contributed by atoms with van der Waals surface area (Å²) in [6.07, 6.45) is 3.44. The third-order valence-corrected chi connectivity index (χ3v) is 5.52. The molecule has 1 heterocycles. The summed E-state index contributed by atoms with van der Waals surface area (Å²) in [5.74, 6) is 0.285. The van der Waals surface area contributed by atoms with Crippen LogP contribution in [0.3, 0.4) is 0 Å². The van der Waals surface area contributed by atoms with Crippen molar-refractivity contribution in [2.45, 2.75) is 28.8 Å². The van der Waals surface area contributed by atoms with Crippen molar-refractivity contribution in [1.29, 1.82) is 0 Å². The van der Waals surface area contributed by atoms with Crippen LogP contribution in [0.5, 0.6) is 0 Å². The Kier molecular flexibility index (Phi) is 4.66. The summed E-state index contributed by atoms with van der Waals surface area (Å²) in [5.41, 5.74) is 0. The number of pyridine rings is 1. The average molecular weight is 315 g/mol. The van der Waals surface area contributed by atoms with E-state index in [9.17, 15) is 13.2 Å². The van der Waals surface area contributed by atoms with Crippen LogP contribution in [0.25, 0.3) is 0 Å². The number of sulfonamides is 1. The summed E-state index contributed by atoms with van der Waals surface area (Å²) in [4.78, 5) is 15.7. The first-order chi connectivity index (χ1) is 9.39. The fraction of sp³-hybridized carbons (Fsp3) is 0.500. The largest absolute Gasteiger partial charge is 0.353 e. The molecule has 1 fully saturated rings. The SMILES string of the molecule is CN(C)S(=O)(=O)c1ccc(SCC(=O)NC2CC2)nc1. The van der Waals surface area contributed by atoms with Gasteiger partial charge in [-0.3, -0.25) is 4.79 Å². The van der Waals surface area contributed by atoms with E-state index in [4.69, 9.17) is 0 Å². The van der Waals surface area contributed by atoms with Gasteiger partial charge in [0, 0.05) is 26.3 Å². The maximum Gasteiger partial charge on any atom is 0.244 e. The van der Waals surface area contributed by atoms with Gasteiger partial charge in [-0.05, 0) is 25.0 Å². The van der Waals surface area contributed by atoms with Crippen LogP contribution in [0.15, 0.2) is 28.3 Å². The van der Waals surface area contributed by atoms with Gasteiger partial charge >= 0.3 is 0 Å². The van der Waals surface area contributed by atoms with Gasteiger partial charge < -0.3 is 5.32 Å². The molecule has 1 aliphatic carbocycles. The van der Waals surface area contributed by atoms with Crippen LogP contribution >= 0.6 is 11.8 Å². The third-order valence-electron chi connectivity index (χ3n) is 2.78. The maximum absolute atomic E-state index is 11.9. The first kappa shape index (κ1) is 15.3. The van der Waals surface area contributed by atoms with Crippen molar-refractivity contribution in [1.82, 2.24) is 14.6 Å². The van der Waals surface area contributed by atoms with Crippen molar-refractivity contribution >= 4 is 27.7 Å². The van der Waals surface area contributed by atoms with Crippen LogP contribution in [-0.4, -0.2) is 49.5 Å². The number of amides is 1. The van der Waals surface area contributed by atoms with E-state index in [2.05, 4.69) is 10.3 Å². The quantitative estimate of drug-likeness (QED) is 0.782. The van der Waals surface area contributed by atoms with E-state index in [1.165, 1.54) is 38.1 Å². The fourth-order valence-corrected chi connectivity index (χ4v) is 2.95. The first-order valence-corrected chi connectivity index (χ1v) is 8.63. The lowest BCUT2D eigenvalue weighted by molar-refractivity contribution is -0.118. The molecule has 1 aromatic heterocycles. The number of carbonyl (C=O) groups is 1. The Morgan fingerprint density at radius 2 is 2.15 bits per heavy atom. The first-order valence-electron chi connectivity index (χ1n) is 6.20. The van der Waals surface area contributed by atoms with Gasteiger partial charge in [-0.15, -0.1) is 0 Å². The molecule has 20 heavy (non-hydrogen) atoms. The molecule has 1 aromatic rings. The minimum atomic E-state index is -3.45. The van der Waals surface area contributed by atoms with Gasteiger partial charge in [-0.1, -0.05) is 11.8 Å². The number of thioether (sulfide) groups is 1. The second kappa shape index (κ2) is 6.11. The number of hydrogen-bond acceptors (Lipinski definition) is 5. The second-order valence-corrected chi connectivity index (χ2v) is 7.90. The molecule has 1 amide bonds. The van der Waals surface area contributed by atoms with E-state index in [0.29, 0.717) is 16.8 Å².